The van der Waals surface area contributed by atoms with Gasteiger partial charge in [-0.2, -0.15) is 0 Å². The van der Waals surface area contributed by atoms with E-state index in [0.29, 0.717) is 21.7 Å². The lowest BCUT2D eigenvalue weighted by Crippen LogP contribution is -2.41. The molecule has 3 aromatic heterocycles. The molecule has 0 aliphatic carbocycles. The van der Waals surface area contributed by atoms with E-state index in [4.69, 9.17) is 9.26 Å². The molecule has 0 saturated carbocycles. The van der Waals surface area contributed by atoms with Crippen molar-refractivity contribution in [2.45, 2.75) is 20.0 Å². The number of aromatic nitrogens is 3. The van der Waals surface area contributed by atoms with Crippen LogP contribution in [0.1, 0.15) is 11.3 Å². The fourth-order valence-corrected chi connectivity index (χ4v) is 3.97. The minimum atomic E-state index is -0.569. The highest BCUT2D eigenvalue weighted by atomic mass is 32.1. The van der Waals surface area contributed by atoms with Crippen molar-refractivity contribution in [2.24, 2.45) is 0 Å². The van der Waals surface area contributed by atoms with Crippen LogP contribution in [-0.4, -0.2) is 27.3 Å². The van der Waals surface area contributed by atoms with Gasteiger partial charge in [-0.3, -0.25) is 18.7 Å². The number of rotatable bonds is 6. The van der Waals surface area contributed by atoms with Crippen molar-refractivity contribution in [3.8, 4) is 5.75 Å². The van der Waals surface area contributed by atoms with Gasteiger partial charge in [0.1, 0.15) is 22.8 Å². The Balaban J connectivity index is 1.72. The molecule has 30 heavy (non-hydrogen) atoms. The second-order valence-electron chi connectivity index (χ2n) is 6.62. The first-order chi connectivity index (χ1) is 14.5. The van der Waals surface area contributed by atoms with Crippen molar-refractivity contribution in [2.75, 3.05) is 12.4 Å². The smallest absolute Gasteiger partial charge is 0.332 e. The molecule has 3 heterocycles. The number of benzene rings is 1. The number of ether oxygens (including phenoxy) is 1. The SMILES string of the molecule is COc1cccc(Cn2c(=O)c3sccc3n(CC(=O)Nc3cc(C)on3)c2=O)c1. The molecule has 0 unspecified atom stereocenters. The van der Waals surface area contributed by atoms with Gasteiger partial charge in [0.25, 0.3) is 5.56 Å². The molecule has 0 atom stereocenters. The minimum Gasteiger partial charge on any atom is -0.497 e. The van der Waals surface area contributed by atoms with Crippen LogP contribution in [-0.2, 0) is 17.9 Å². The number of fused-ring (bicyclic) bond motifs is 1. The van der Waals surface area contributed by atoms with Gasteiger partial charge < -0.3 is 14.6 Å². The first-order valence-electron chi connectivity index (χ1n) is 9.03. The van der Waals surface area contributed by atoms with Gasteiger partial charge in [-0.15, -0.1) is 11.3 Å². The molecular formula is C20H18N4O5S. The van der Waals surface area contributed by atoms with Gasteiger partial charge in [0, 0.05) is 6.07 Å². The highest BCUT2D eigenvalue weighted by molar-refractivity contribution is 7.17. The normalized spacial score (nSPS) is 11.0. The molecule has 4 aromatic rings. The lowest BCUT2D eigenvalue weighted by atomic mass is 10.2. The maximum atomic E-state index is 13.1. The Bertz CT molecular complexity index is 1350. The van der Waals surface area contributed by atoms with Crippen molar-refractivity contribution in [1.29, 1.82) is 0 Å². The standard InChI is InChI=1S/C20H18N4O5S/c1-12-8-16(22-29-12)21-17(25)11-23-15-6-7-30-18(15)19(26)24(20(23)27)10-13-4-3-5-14(9-13)28-2/h3-9H,10-11H2,1-2H3,(H,21,22,25). The number of carbonyl (C=O) groups is 1. The summed E-state index contributed by atoms with van der Waals surface area (Å²) in [6.07, 6.45) is 0. The minimum absolute atomic E-state index is 0.0623. The van der Waals surface area contributed by atoms with Crippen LogP contribution < -0.4 is 21.3 Å². The number of hydrogen-bond donors (Lipinski definition) is 1. The third-order valence-corrected chi connectivity index (χ3v) is 5.40. The summed E-state index contributed by atoms with van der Waals surface area (Å²) in [5.41, 5.74) is 0.193. The molecule has 0 spiro atoms. The van der Waals surface area contributed by atoms with Crippen molar-refractivity contribution >= 4 is 33.3 Å². The highest BCUT2D eigenvalue weighted by Crippen LogP contribution is 2.17. The second kappa shape index (κ2) is 7.99. The van der Waals surface area contributed by atoms with Crippen LogP contribution in [0.15, 0.2) is 55.9 Å². The molecule has 0 fully saturated rings. The highest BCUT2D eigenvalue weighted by Gasteiger charge is 2.17. The number of aryl methyl sites for hydroxylation is 1. The predicted octanol–water partition coefficient (Wildman–Crippen LogP) is 2.22. The molecule has 1 amide bonds. The summed E-state index contributed by atoms with van der Waals surface area (Å²) in [5.74, 6) is 0.983. The summed E-state index contributed by atoms with van der Waals surface area (Å²) in [5, 5.41) is 8.03. The third kappa shape index (κ3) is 3.77. The maximum absolute atomic E-state index is 13.1. The lowest BCUT2D eigenvalue weighted by molar-refractivity contribution is -0.116. The Kier molecular flexibility index (Phi) is 5.23. The molecule has 154 valence electrons. The summed E-state index contributed by atoms with van der Waals surface area (Å²) < 4.78 is 13.0. The van der Waals surface area contributed by atoms with E-state index in [2.05, 4.69) is 10.5 Å². The Morgan fingerprint density at radius 2 is 2.07 bits per heavy atom. The van der Waals surface area contributed by atoms with Crippen molar-refractivity contribution in [1.82, 2.24) is 14.3 Å². The Morgan fingerprint density at radius 1 is 1.23 bits per heavy atom. The fraction of sp³-hybridized carbons (Fsp3) is 0.200. The molecular weight excluding hydrogens is 408 g/mol. The van der Waals surface area contributed by atoms with Crippen LogP contribution in [0.5, 0.6) is 5.75 Å². The van der Waals surface area contributed by atoms with E-state index >= 15 is 0 Å². The second-order valence-corrected chi connectivity index (χ2v) is 7.53. The Morgan fingerprint density at radius 3 is 2.80 bits per heavy atom. The van der Waals surface area contributed by atoms with Crippen molar-refractivity contribution in [3.05, 3.63) is 73.9 Å². The van der Waals surface area contributed by atoms with Gasteiger partial charge >= 0.3 is 5.69 Å². The Labute approximate surface area is 174 Å². The van der Waals surface area contributed by atoms with Crippen LogP contribution in [0.4, 0.5) is 5.82 Å². The summed E-state index contributed by atoms with van der Waals surface area (Å²) >= 11 is 1.23. The van der Waals surface area contributed by atoms with Crippen molar-refractivity contribution in [3.63, 3.8) is 0 Å². The largest absolute Gasteiger partial charge is 0.497 e. The number of anilines is 1. The maximum Gasteiger partial charge on any atom is 0.332 e. The zero-order valence-electron chi connectivity index (χ0n) is 16.2. The average Bonchev–Trinajstić information content (AvgIpc) is 3.38. The summed E-state index contributed by atoms with van der Waals surface area (Å²) in [4.78, 5) is 38.5. The van der Waals surface area contributed by atoms with Crippen molar-refractivity contribution < 1.29 is 14.1 Å². The Hall–Kier alpha value is -3.66. The summed E-state index contributed by atoms with van der Waals surface area (Å²) in [6, 6.07) is 10.4. The van der Waals surface area contributed by atoms with Gasteiger partial charge in [0.15, 0.2) is 5.82 Å². The van der Waals surface area contributed by atoms with Crippen LogP contribution in [0.2, 0.25) is 0 Å². The molecule has 4 rings (SSSR count). The summed E-state index contributed by atoms with van der Waals surface area (Å²) in [7, 11) is 1.55. The van der Waals surface area contributed by atoms with E-state index in [1.807, 2.05) is 0 Å². The van der Waals surface area contributed by atoms with E-state index in [-0.39, 0.29) is 18.9 Å². The van der Waals surface area contributed by atoms with E-state index < -0.39 is 17.2 Å². The monoisotopic (exact) mass is 426 g/mol. The number of methoxy groups -OCH3 is 1. The average molecular weight is 426 g/mol. The molecule has 1 N–H and O–H groups in total. The number of nitrogens with zero attached hydrogens (tertiary/aromatic N) is 3. The summed E-state index contributed by atoms with van der Waals surface area (Å²) in [6.45, 7) is 1.50. The van der Waals surface area contributed by atoms with Crippen LogP contribution in [0.3, 0.4) is 0 Å². The molecule has 0 bridgehead atoms. The number of carbonyl (C=O) groups excluding carboxylic acids is 1. The molecule has 0 radical (unpaired) electrons. The van der Waals surface area contributed by atoms with Gasteiger partial charge in [0.05, 0.1) is 19.2 Å². The quantitative estimate of drug-likeness (QED) is 0.506. The lowest BCUT2D eigenvalue weighted by Gasteiger charge is -2.12. The fourth-order valence-electron chi connectivity index (χ4n) is 3.13. The van der Waals surface area contributed by atoms with E-state index in [9.17, 15) is 14.4 Å². The number of thiophene rings is 1. The molecule has 0 aliphatic heterocycles. The third-order valence-electron chi connectivity index (χ3n) is 4.51. The van der Waals surface area contributed by atoms with E-state index in [0.717, 1.165) is 10.1 Å². The zero-order valence-corrected chi connectivity index (χ0v) is 17.1. The van der Waals surface area contributed by atoms with Crippen LogP contribution in [0, 0.1) is 6.92 Å². The van der Waals surface area contributed by atoms with Gasteiger partial charge in [-0.05, 0) is 36.1 Å². The van der Waals surface area contributed by atoms with Crippen LogP contribution >= 0.6 is 11.3 Å². The molecule has 9 nitrogen and oxygen atoms in total. The number of hydrogen-bond acceptors (Lipinski definition) is 7. The topological polar surface area (TPSA) is 108 Å². The molecule has 0 aliphatic rings. The molecule has 10 heteroatoms. The van der Waals surface area contributed by atoms with E-state index in [1.54, 1.807) is 55.8 Å². The van der Waals surface area contributed by atoms with Gasteiger partial charge in [-0.1, -0.05) is 17.3 Å². The number of nitrogens with one attached hydrogen (secondary N) is 1. The molecule has 1 aromatic carbocycles. The van der Waals surface area contributed by atoms with Crippen LogP contribution in [0.25, 0.3) is 10.2 Å². The number of amides is 1. The molecule has 0 saturated heterocycles. The predicted molar refractivity (Wildman–Crippen MR) is 112 cm³/mol. The zero-order chi connectivity index (χ0) is 21.3. The van der Waals surface area contributed by atoms with Gasteiger partial charge in [-0.25, -0.2) is 4.79 Å². The first-order valence-corrected chi connectivity index (χ1v) is 9.91. The van der Waals surface area contributed by atoms with E-state index in [1.165, 1.54) is 15.9 Å². The van der Waals surface area contributed by atoms with Gasteiger partial charge in [0.2, 0.25) is 5.91 Å². The first kappa shape index (κ1) is 19.6.